The summed E-state index contributed by atoms with van der Waals surface area (Å²) < 4.78 is 10.4. The van der Waals surface area contributed by atoms with Gasteiger partial charge in [-0.1, -0.05) is 0 Å². The molecule has 0 saturated carbocycles. The molecular weight excluding hydrogens is 198 g/mol. The molecule has 0 amide bonds. The molecule has 0 unspecified atom stereocenters. The average molecular weight is 219 g/mol. The van der Waals surface area contributed by atoms with E-state index in [0.29, 0.717) is 19.8 Å². The molecule has 0 saturated heterocycles. The quantitative estimate of drug-likeness (QED) is 0.498. The van der Waals surface area contributed by atoms with Crippen molar-refractivity contribution < 1.29 is 19.4 Å². The minimum Gasteiger partial charge on any atom is -0.481 e. The first kappa shape index (κ1) is 14.3. The predicted octanol–water partition coefficient (Wildman–Crippen LogP) is 0.623. The van der Waals surface area contributed by atoms with Crippen LogP contribution in [0.3, 0.4) is 0 Å². The standard InChI is InChI=1S/C10H21NO4/c11-5-3-8-14-6-1-2-7-15-9-4-10(12)13/h1-9,11H2,(H,12,13). The summed E-state index contributed by atoms with van der Waals surface area (Å²) in [7, 11) is 0. The van der Waals surface area contributed by atoms with E-state index in [4.69, 9.17) is 20.3 Å². The van der Waals surface area contributed by atoms with Gasteiger partial charge >= 0.3 is 5.97 Å². The van der Waals surface area contributed by atoms with Gasteiger partial charge in [0.05, 0.1) is 13.0 Å². The van der Waals surface area contributed by atoms with Gasteiger partial charge in [-0.2, -0.15) is 0 Å². The van der Waals surface area contributed by atoms with Gasteiger partial charge in [0.25, 0.3) is 0 Å². The molecule has 5 heteroatoms. The Kier molecular flexibility index (Phi) is 10.9. The lowest BCUT2D eigenvalue weighted by atomic mass is 10.3. The molecule has 0 radical (unpaired) electrons. The first-order valence-corrected chi connectivity index (χ1v) is 5.34. The van der Waals surface area contributed by atoms with Crippen LogP contribution in [0.5, 0.6) is 0 Å². The van der Waals surface area contributed by atoms with Crippen molar-refractivity contribution >= 4 is 5.97 Å². The molecule has 0 atom stereocenters. The number of nitrogens with two attached hydrogens (primary N) is 1. The zero-order chi connectivity index (χ0) is 11.4. The summed E-state index contributed by atoms with van der Waals surface area (Å²) in [4.78, 5) is 10.1. The first-order valence-electron chi connectivity index (χ1n) is 5.34. The van der Waals surface area contributed by atoms with E-state index in [0.717, 1.165) is 32.5 Å². The van der Waals surface area contributed by atoms with Crippen LogP contribution in [-0.2, 0) is 14.3 Å². The van der Waals surface area contributed by atoms with Gasteiger partial charge in [-0.25, -0.2) is 0 Å². The van der Waals surface area contributed by atoms with E-state index in [9.17, 15) is 4.79 Å². The maximum atomic E-state index is 10.1. The van der Waals surface area contributed by atoms with Crippen molar-refractivity contribution in [3.05, 3.63) is 0 Å². The third-order valence-corrected chi connectivity index (χ3v) is 1.78. The number of unbranched alkanes of at least 4 members (excludes halogenated alkanes) is 1. The largest absolute Gasteiger partial charge is 0.481 e. The summed E-state index contributed by atoms with van der Waals surface area (Å²) in [5.74, 6) is -0.819. The maximum absolute atomic E-state index is 10.1. The van der Waals surface area contributed by atoms with Crippen molar-refractivity contribution in [1.82, 2.24) is 0 Å². The van der Waals surface area contributed by atoms with Crippen LogP contribution in [0.2, 0.25) is 0 Å². The Morgan fingerprint density at radius 3 is 2.07 bits per heavy atom. The van der Waals surface area contributed by atoms with E-state index < -0.39 is 5.97 Å². The molecule has 0 aromatic rings. The van der Waals surface area contributed by atoms with Gasteiger partial charge in [0.2, 0.25) is 0 Å². The average Bonchev–Trinajstić information content (AvgIpc) is 2.20. The van der Waals surface area contributed by atoms with Crippen LogP contribution < -0.4 is 5.73 Å². The number of aliphatic carboxylic acids is 1. The van der Waals surface area contributed by atoms with Crippen molar-refractivity contribution in [3.63, 3.8) is 0 Å². The highest BCUT2D eigenvalue weighted by molar-refractivity contribution is 5.66. The number of hydrogen-bond acceptors (Lipinski definition) is 4. The monoisotopic (exact) mass is 219 g/mol. The molecule has 0 aliphatic heterocycles. The Bertz CT molecular complexity index is 152. The molecule has 0 rings (SSSR count). The van der Waals surface area contributed by atoms with E-state index >= 15 is 0 Å². The highest BCUT2D eigenvalue weighted by atomic mass is 16.5. The lowest BCUT2D eigenvalue weighted by Crippen LogP contribution is -2.06. The second-order valence-corrected chi connectivity index (χ2v) is 3.22. The zero-order valence-corrected chi connectivity index (χ0v) is 9.11. The van der Waals surface area contributed by atoms with Crippen molar-refractivity contribution in [2.24, 2.45) is 5.73 Å². The number of carboxylic acids is 1. The molecule has 0 aromatic heterocycles. The molecular formula is C10H21NO4. The van der Waals surface area contributed by atoms with E-state index in [2.05, 4.69) is 0 Å². The van der Waals surface area contributed by atoms with Gasteiger partial charge < -0.3 is 20.3 Å². The van der Waals surface area contributed by atoms with Crippen molar-refractivity contribution in [2.45, 2.75) is 25.7 Å². The highest BCUT2D eigenvalue weighted by Crippen LogP contribution is 1.93. The van der Waals surface area contributed by atoms with Crippen LogP contribution in [-0.4, -0.2) is 44.0 Å². The Morgan fingerprint density at radius 2 is 1.53 bits per heavy atom. The van der Waals surface area contributed by atoms with Crippen LogP contribution in [0.25, 0.3) is 0 Å². The molecule has 0 aliphatic rings. The van der Waals surface area contributed by atoms with Crippen LogP contribution in [0.4, 0.5) is 0 Å². The first-order chi connectivity index (χ1) is 7.27. The molecule has 0 spiro atoms. The summed E-state index contributed by atoms with van der Waals surface area (Å²) in [5.41, 5.74) is 5.30. The van der Waals surface area contributed by atoms with E-state index in [-0.39, 0.29) is 6.42 Å². The summed E-state index contributed by atoms with van der Waals surface area (Å²) in [6.07, 6.45) is 2.82. The van der Waals surface area contributed by atoms with Crippen molar-refractivity contribution in [2.75, 3.05) is 33.0 Å². The summed E-state index contributed by atoms with van der Waals surface area (Å²) in [5, 5.41) is 8.33. The van der Waals surface area contributed by atoms with Crippen molar-refractivity contribution in [1.29, 1.82) is 0 Å². The topological polar surface area (TPSA) is 81.8 Å². The fourth-order valence-corrected chi connectivity index (χ4v) is 0.957. The lowest BCUT2D eigenvalue weighted by molar-refractivity contribution is -0.138. The van der Waals surface area contributed by atoms with E-state index in [1.54, 1.807) is 0 Å². The fraction of sp³-hybridized carbons (Fsp3) is 0.900. The Hall–Kier alpha value is -0.650. The summed E-state index contributed by atoms with van der Waals surface area (Å²) in [6, 6.07) is 0. The number of hydrogen-bond donors (Lipinski definition) is 2. The van der Waals surface area contributed by atoms with Crippen LogP contribution in [0, 0.1) is 0 Å². The molecule has 5 nitrogen and oxygen atoms in total. The second kappa shape index (κ2) is 11.4. The van der Waals surface area contributed by atoms with Crippen molar-refractivity contribution in [3.8, 4) is 0 Å². The normalized spacial score (nSPS) is 10.5. The fourth-order valence-electron chi connectivity index (χ4n) is 0.957. The van der Waals surface area contributed by atoms with Crippen LogP contribution in [0.1, 0.15) is 25.7 Å². The van der Waals surface area contributed by atoms with E-state index in [1.807, 2.05) is 0 Å². The minimum atomic E-state index is -0.819. The van der Waals surface area contributed by atoms with Gasteiger partial charge in [0.1, 0.15) is 0 Å². The third-order valence-electron chi connectivity index (χ3n) is 1.78. The molecule has 0 aromatic carbocycles. The molecule has 90 valence electrons. The predicted molar refractivity (Wildman–Crippen MR) is 56.8 cm³/mol. The van der Waals surface area contributed by atoms with Gasteiger partial charge in [-0.05, 0) is 25.8 Å². The number of carboxylic acid groups (broad SMARTS) is 1. The molecule has 15 heavy (non-hydrogen) atoms. The Balaban J connectivity index is 2.89. The number of rotatable bonds is 11. The third kappa shape index (κ3) is 13.3. The number of carbonyl (C=O) groups is 1. The molecule has 3 N–H and O–H groups in total. The molecule has 0 fully saturated rings. The molecule has 0 heterocycles. The summed E-state index contributed by atoms with van der Waals surface area (Å²) in [6.45, 7) is 3.01. The number of ether oxygens (including phenoxy) is 2. The molecule has 0 aliphatic carbocycles. The highest BCUT2D eigenvalue weighted by Gasteiger charge is 1.96. The van der Waals surface area contributed by atoms with Gasteiger partial charge in [-0.3, -0.25) is 4.79 Å². The maximum Gasteiger partial charge on any atom is 0.305 e. The minimum absolute atomic E-state index is 0.0764. The van der Waals surface area contributed by atoms with Gasteiger partial charge in [0.15, 0.2) is 0 Å². The Labute approximate surface area is 90.5 Å². The smallest absolute Gasteiger partial charge is 0.305 e. The van der Waals surface area contributed by atoms with Gasteiger partial charge in [-0.15, -0.1) is 0 Å². The Morgan fingerprint density at radius 1 is 1.00 bits per heavy atom. The summed E-state index contributed by atoms with van der Waals surface area (Å²) >= 11 is 0. The van der Waals surface area contributed by atoms with Crippen LogP contribution in [0.15, 0.2) is 0 Å². The molecule has 0 bridgehead atoms. The SMILES string of the molecule is NCCCOCCCCOCCC(=O)O. The van der Waals surface area contributed by atoms with Crippen LogP contribution >= 0.6 is 0 Å². The lowest BCUT2D eigenvalue weighted by Gasteiger charge is -2.04. The zero-order valence-electron chi connectivity index (χ0n) is 9.11. The van der Waals surface area contributed by atoms with E-state index in [1.165, 1.54) is 0 Å². The second-order valence-electron chi connectivity index (χ2n) is 3.22. The van der Waals surface area contributed by atoms with Gasteiger partial charge in [0, 0.05) is 19.8 Å².